The third kappa shape index (κ3) is 4.68. The van der Waals surface area contributed by atoms with Crippen molar-refractivity contribution >= 4 is 46.6 Å². The van der Waals surface area contributed by atoms with E-state index in [-0.39, 0.29) is 0 Å². The zero-order valence-electron chi connectivity index (χ0n) is 13.1. The van der Waals surface area contributed by atoms with Crippen LogP contribution in [0.4, 0.5) is 0 Å². The van der Waals surface area contributed by atoms with E-state index in [4.69, 9.17) is 16.3 Å². The minimum Gasteiger partial charge on any atom is -0.465 e. The molecule has 2 aromatic rings. The van der Waals surface area contributed by atoms with Gasteiger partial charge in [0.15, 0.2) is 4.47 Å². The Bertz CT molecular complexity index is 736. The normalized spacial score (nSPS) is 11.7. The molecule has 0 atom stereocenters. The lowest BCUT2D eigenvalue weighted by atomic mass is 10.1. The van der Waals surface area contributed by atoms with Crippen LogP contribution in [0.2, 0.25) is 4.47 Å². The number of hydrogen-bond acceptors (Lipinski definition) is 5. The van der Waals surface area contributed by atoms with Crippen LogP contribution >= 0.6 is 22.9 Å². The van der Waals surface area contributed by atoms with Crippen molar-refractivity contribution in [1.29, 1.82) is 0 Å². The van der Waals surface area contributed by atoms with Gasteiger partial charge in [0.2, 0.25) is 0 Å². The second-order valence-corrected chi connectivity index (χ2v) is 6.50. The smallest absolute Gasteiger partial charge is 0.340 e. The maximum Gasteiger partial charge on any atom is 0.340 e. The van der Waals surface area contributed by atoms with E-state index in [9.17, 15) is 4.79 Å². The molecular formula is C17H17ClN2O2S. The van der Waals surface area contributed by atoms with Crippen molar-refractivity contribution < 1.29 is 9.53 Å². The van der Waals surface area contributed by atoms with E-state index in [0.717, 1.165) is 5.56 Å². The van der Waals surface area contributed by atoms with Crippen molar-refractivity contribution in [3.8, 4) is 0 Å². The van der Waals surface area contributed by atoms with Gasteiger partial charge in [-0.05, 0) is 11.6 Å². The van der Waals surface area contributed by atoms with Crippen LogP contribution < -0.4 is 0 Å². The van der Waals surface area contributed by atoms with E-state index in [1.165, 1.54) is 18.4 Å². The standard InChI is InChI=1S/C17H17ClN2O2S/c1-20(2)11-13(16(21)22-3)15-14(19-17(18)23-15)10-9-12-7-5-4-6-8-12/h4-11H,1-3H3/b10-9+,13-11-. The second-order valence-electron chi connectivity index (χ2n) is 4.92. The number of aromatic nitrogens is 1. The summed E-state index contributed by atoms with van der Waals surface area (Å²) in [7, 11) is 5.03. The third-order valence-electron chi connectivity index (χ3n) is 2.90. The molecule has 23 heavy (non-hydrogen) atoms. The highest BCUT2D eigenvalue weighted by molar-refractivity contribution is 7.17. The van der Waals surface area contributed by atoms with Gasteiger partial charge in [-0.1, -0.05) is 48.0 Å². The molecule has 0 N–H and O–H groups in total. The van der Waals surface area contributed by atoms with Gasteiger partial charge in [0, 0.05) is 20.3 Å². The van der Waals surface area contributed by atoms with Gasteiger partial charge >= 0.3 is 5.97 Å². The predicted octanol–water partition coefficient (Wildman–Crippen LogP) is 4.04. The molecule has 1 aromatic heterocycles. The largest absolute Gasteiger partial charge is 0.465 e. The van der Waals surface area contributed by atoms with E-state index in [2.05, 4.69) is 4.98 Å². The molecular weight excluding hydrogens is 332 g/mol. The number of carbonyl (C=O) groups excluding carboxylic acids is 1. The predicted molar refractivity (Wildman–Crippen MR) is 96.2 cm³/mol. The molecule has 120 valence electrons. The Morgan fingerprint density at radius 1 is 1.26 bits per heavy atom. The highest BCUT2D eigenvalue weighted by Gasteiger charge is 2.20. The highest BCUT2D eigenvalue weighted by atomic mass is 35.5. The molecule has 0 aliphatic carbocycles. The molecule has 0 unspecified atom stereocenters. The van der Waals surface area contributed by atoms with Crippen molar-refractivity contribution in [3.05, 3.63) is 57.1 Å². The molecule has 0 saturated heterocycles. The van der Waals surface area contributed by atoms with Gasteiger partial charge in [-0.15, -0.1) is 11.3 Å². The lowest BCUT2D eigenvalue weighted by Gasteiger charge is -2.09. The molecule has 1 heterocycles. The first-order valence-electron chi connectivity index (χ1n) is 6.87. The zero-order chi connectivity index (χ0) is 16.8. The van der Waals surface area contributed by atoms with Gasteiger partial charge in [0.1, 0.15) is 0 Å². The fraction of sp³-hybridized carbons (Fsp3) is 0.176. The number of carbonyl (C=O) groups is 1. The SMILES string of the molecule is COC(=O)/C(=C\N(C)C)c1sc(Cl)nc1/C=C/c1ccccc1. The first-order valence-corrected chi connectivity index (χ1v) is 8.07. The Labute approximate surface area is 144 Å². The van der Waals surface area contributed by atoms with Gasteiger partial charge in [0.05, 0.1) is 23.3 Å². The molecule has 0 amide bonds. The maximum atomic E-state index is 12.1. The van der Waals surface area contributed by atoms with Crippen molar-refractivity contribution in [2.24, 2.45) is 0 Å². The minimum atomic E-state index is -0.423. The molecule has 0 radical (unpaired) electrons. The van der Waals surface area contributed by atoms with Gasteiger partial charge in [-0.2, -0.15) is 0 Å². The topological polar surface area (TPSA) is 42.4 Å². The zero-order valence-corrected chi connectivity index (χ0v) is 14.7. The van der Waals surface area contributed by atoms with Crippen molar-refractivity contribution in [2.75, 3.05) is 21.2 Å². The number of methoxy groups -OCH3 is 1. The number of benzene rings is 1. The highest BCUT2D eigenvalue weighted by Crippen LogP contribution is 2.31. The summed E-state index contributed by atoms with van der Waals surface area (Å²) >= 11 is 7.31. The molecule has 2 rings (SSSR count). The monoisotopic (exact) mass is 348 g/mol. The van der Waals surface area contributed by atoms with Crippen LogP contribution in [0.1, 0.15) is 16.1 Å². The fourth-order valence-electron chi connectivity index (χ4n) is 1.92. The summed E-state index contributed by atoms with van der Waals surface area (Å²) < 4.78 is 5.25. The molecule has 0 saturated carbocycles. The van der Waals surface area contributed by atoms with Crippen LogP contribution in [0.15, 0.2) is 36.5 Å². The van der Waals surface area contributed by atoms with Crippen LogP contribution in [0.3, 0.4) is 0 Å². The van der Waals surface area contributed by atoms with Gasteiger partial charge in [0.25, 0.3) is 0 Å². The molecule has 0 bridgehead atoms. The van der Waals surface area contributed by atoms with Crippen molar-refractivity contribution in [1.82, 2.24) is 9.88 Å². The molecule has 0 fully saturated rings. The fourth-order valence-corrected chi connectivity index (χ4v) is 3.02. The van der Waals surface area contributed by atoms with Crippen LogP contribution in [0, 0.1) is 0 Å². The van der Waals surface area contributed by atoms with Gasteiger partial charge in [-0.25, -0.2) is 9.78 Å². The molecule has 0 aliphatic heterocycles. The summed E-state index contributed by atoms with van der Waals surface area (Å²) in [5.41, 5.74) is 2.11. The van der Waals surface area contributed by atoms with Crippen molar-refractivity contribution in [3.63, 3.8) is 0 Å². The summed E-state index contributed by atoms with van der Waals surface area (Å²) in [6.45, 7) is 0. The van der Waals surface area contributed by atoms with E-state index in [1.54, 1.807) is 11.1 Å². The summed E-state index contributed by atoms with van der Waals surface area (Å²) in [6, 6.07) is 9.85. The molecule has 6 heteroatoms. The Kier molecular flexibility index (Phi) is 5.96. The Balaban J connectivity index is 2.43. The lowest BCUT2D eigenvalue weighted by Crippen LogP contribution is -2.10. The van der Waals surface area contributed by atoms with Crippen molar-refractivity contribution in [2.45, 2.75) is 0 Å². The molecule has 4 nitrogen and oxygen atoms in total. The minimum absolute atomic E-state index is 0.376. The van der Waals surface area contributed by atoms with Crippen LogP contribution in [0.25, 0.3) is 17.7 Å². The van der Waals surface area contributed by atoms with E-state index in [1.807, 2.05) is 56.6 Å². The van der Waals surface area contributed by atoms with Gasteiger partial charge in [-0.3, -0.25) is 0 Å². The average molecular weight is 349 g/mol. The summed E-state index contributed by atoms with van der Waals surface area (Å²) in [5, 5.41) is 0. The number of nitrogens with zero attached hydrogens (tertiary/aromatic N) is 2. The Morgan fingerprint density at radius 2 is 1.96 bits per heavy atom. The maximum absolute atomic E-state index is 12.1. The van der Waals surface area contributed by atoms with E-state index in [0.29, 0.717) is 20.6 Å². The number of halogens is 1. The number of ether oxygens (including phenoxy) is 1. The summed E-state index contributed by atoms with van der Waals surface area (Å²) in [4.78, 5) is 18.8. The summed E-state index contributed by atoms with van der Waals surface area (Å²) in [6.07, 6.45) is 5.48. The van der Waals surface area contributed by atoms with Crippen LogP contribution in [-0.4, -0.2) is 37.1 Å². The Morgan fingerprint density at radius 3 is 2.57 bits per heavy atom. The van der Waals surface area contributed by atoms with Crippen LogP contribution in [-0.2, 0) is 9.53 Å². The molecule has 0 spiro atoms. The molecule has 1 aromatic carbocycles. The van der Waals surface area contributed by atoms with Crippen LogP contribution in [0.5, 0.6) is 0 Å². The average Bonchev–Trinajstić information content (AvgIpc) is 2.91. The lowest BCUT2D eigenvalue weighted by molar-refractivity contribution is -0.133. The van der Waals surface area contributed by atoms with E-state index < -0.39 is 5.97 Å². The number of rotatable bonds is 5. The first-order chi connectivity index (χ1) is 11.0. The van der Waals surface area contributed by atoms with E-state index >= 15 is 0 Å². The third-order valence-corrected chi connectivity index (χ3v) is 4.11. The number of hydrogen-bond donors (Lipinski definition) is 0. The number of esters is 1. The molecule has 0 aliphatic rings. The first kappa shape index (κ1) is 17.2. The second kappa shape index (κ2) is 7.94. The van der Waals surface area contributed by atoms with Gasteiger partial charge < -0.3 is 9.64 Å². The Hall–Kier alpha value is -2.11. The number of thiazole rings is 1. The quantitative estimate of drug-likeness (QED) is 0.604. The summed E-state index contributed by atoms with van der Waals surface area (Å²) in [5.74, 6) is -0.423.